The summed E-state index contributed by atoms with van der Waals surface area (Å²) in [5.74, 6) is 0.0853. The quantitative estimate of drug-likeness (QED) is 0.653. The third-order valence-corrected chi connectivity index (χ3v) is 2.36. The smallest absolute Gasteiger partial charge is 0.433 e. The van der Waals surface area contributed by atoms with Crippen LogP contribution >= 0.6 is 0 Å². The molecule has 2 heterocycles. The van der Waals surface area contributed by atoms with Gasteiger partial charge in [-0.1, -0.05) is 13.1 Å². The van der Waals surface area contributed by atoms with Crippen molar-refractivity contribution >= 4 is 5.82 Å². The predicted molar refractivity (Wildman–Crippen MR) is 60.1 cm³/mol. The van der Waals surface area contributed by atoms with Crippen LogP contribution in [0.15, 0.2) is 24.3 Å². The van der Waals surface area contributed by atoms with E-state index in [1.54, 1.807) is 0 Å². The van der Waals surface area contributed by atoms with Crippen molar-refractivity contribution in [3.05, 3.63) is 41.0 Å². The van der Waals surface area contributed by atoms with Crippen LogP contribution in [-0.4, -0.2) is 21.8 Å². The molecule has 0 aromatic carbocycles. The SMILES string of the molecule is C[N-]c1cc(C(F)(F)F)nn1-c1cccc(CF)n1.[Ir]. The van der Waals surface area contributed by atoms with Gasteiger partial charge in [0.1, 0.15) is 12.4 Å². The number of rotatable bonds is 3. The molecular formula is C11H9F4IrN4-. The molecule has 0 amide bonds. The molecule has 4 nitrogen and oxygen atoms in total. The summed E-state index contributed by atoms with van der Waals surface area (Å²) in [7, 11) is 1.34. The van der Waals surface area contributed by atoms with Crippen LogP contribution in [0, 0.1) is 0 Å². The molecule has 1 radical (unpaired) electrons. The normalized spacial score (nSPS) is 11.1. The second-order valence-corrected chi connectivity index (χ2v) is 3.64. The second-order valence-electron chi connectivity index (χ2n) is 3.64. The van der Waals surface area contributed by atoms with E-state index in [9.17, 15) is 17.6 Å². The standard InChI is InChI=1S/C11H9F4N4.Ir/c1-16-10-5-8(11(13,14)15)18-19(10)9-4-2-3-7(6-12)17-9;/h2-5H,6H2,1H3;/q-1;. The van der Waals surface area contributed by atoms with E-state index in [-0.39, 0.29) is 37.4 Å². The summed E-state index contributed by atoms with van der Waals surface area (Å²) in [6.07, 6.45) is -4.57. The Labute approximate surface area is 125 Å². The molecule has 0 N–H and O–H groups in total. The molecule has 0 saturated heterocycles. The maximum Gasteiger partial charge on any atom is 0.433 e. The average Bonchev–Trinajstić information content (AvgIpc) is 2.83. The zero-order chi connectivity index (χ0) is 14.0. The summed E-state index contributed by atoms with van der Waals surface area (Å²) in [5, 5.41) is 7.11. The van der Waals surface area contributed by atoms with Crippen molar-refractivity contribution in [2.24, 2.45) is 0 Å². The van der Waals surface area contributed by atoms with Gasteiger partial charge in [-0.25, -0.2) is 9.49 Å². The number of halogens is 4. The van der Waals surface area contributed by atoms with E-state index in [1.807, 2.05) is 0 Å². The zero-order valence-corrected chi connectivity index (χ0v) is 12.5. The van der Waals surface area contributed by atoms with Crippen LogP contribution in [0.3, 0.4) is 0 Å². The molecule has 0 spiro atoms. The minimum absolute atomic E-state index is 0. The molecule has 111 valence electrons. The summed E-state index contributed by atoms with van der Waals surface area (Å²) in [4.78, 5) is 3.86. The number of pyridine rings is 1. The predicted octanol–water partition coefficient (Wildman–Crippen LogP) is 3.39. The largest absolute Gasteiger partial charge is 0.467 e. The Kier molecular flexibility index (Phi) is 5.24. The molecule has 0 unspecified atom stereocenters. The maximum atomic E-state index is 12.6. The summed E-state index contributed by atoms with van der Waals surface area (Å²) >= 11 is 0. The van der Waals surface area contributed by atoms with Crippen molar-refractivity contribution in [2.45, 2.75) is 12.9 Å². The van der Waals surface area contributed by atoms with E-state index in [1.165, 1.54) is 25.2 Å². The Morgan fingerprint density at radius 2 is 2.00 bits per heavy atom. The number of aromatic nitrogens is 3. The van der Waals surface area contributed by atoms with E-state index in [0.29, 0.717) is 0 Å². The molecule has 0 bridgehead atoms. The molecule has 0 aliphatic carbocycles. The Morgan fingerprint density at radius 3 is 2.55 bits per heavy atom. The molecule has 2 aromatic rings. The van der Waals surface area contributed by atoms with E-state index < -0.39 is 18.5 Å². The Bertz CT molecular complexity index is 582. The molecule has 0 aliphatic rings. The van der Waals surface area contributed by atoms with Crippen molar-refractivity contribution in [3.63, 3.8) is 0 Å². The van der Waals surface area contributed by atoms with Gasteiger partial charge in [0.15, 0.2) is 0 Å². The van der Waals surface area contributed by atoms with E-state index in [2.05, 4.69) is 15.4 Å². The molecule has 0 saturated carbocycles. The molecule has 0 aliphatic heterocycles. The summed E-state index contributed by atoms with van der Waals surface area (Å²) in [6.45, 7) is -0.806. The molecule has 9 heteroatoms. The first kappa shape index (κ1) is 16.6. The monoisotopic (exact) mass is 466 g/mol. The minimum atomic E-state index is -4.57. The van der Waals surface area contributed by atoms with Gasteiger partial charge >= 0.3 is 6.18 Å². The number of hydrogen-bond donors (Lipinski definition) is 0. The van der Waals surface area contributed by atoms with Crippen LogP contribution in [0.1, 0.15) is 11.4 Å². The van der Waals surface area contributed by atoms with Gasteiger partial charge in [-0.05, 0) is 24.0 Å². The molecule has 0 atom stereocenters. The van der Waals surface area contributed by atoms with E-state index >= 15 is 0 Å². The fourth-order valence-corrected chi connectivity index (χ4v) is 1.50. The van der Waals surface area contributed by atoms with Gasteiger partial charge in [-0.15, -0.1) is 0 Å². The van der Waals surface area contributed by atoms with E-state index in [0.717, 1.165) is 10.7 Å². The first-order valence-electron chi connectivity index (χ1n) is 5.25. The first-order chi connectivity index (χ1) is 8.95. The number of nitrogens with zero attached hydrogens (tertiary/aromatic N) is 4. The van der Waals surface area contributed by atoms with Gasteiger partial charge in [0, 0.05) is 20.1 Å². The zero-order valence-electron chi connectivity index (χ0n) is 10.2. The third-order valence-electron chi connectivity index (χ3n) is 2.36. The Balaban J connectivity index is 0.00000200. The van der Waals surface area contributed by atoms with Crippen LogP contribution in [0.25, 0.3) is 11.1 Å². The van der Waals surface area contributed by atoms with Crippen LogP contribution in [0.5, 0.6) is 0 Å². The van der Waals surface area contributed by atoms with Crippen LogP contribution in [0.4, 0.5) is 23.4 Å². The number of hydrogen-bond acceptors (Lipinski definition) is 2. The van der Waals surface area contributed by atoms with Crippen molar-refractivity contribution in [1.82, 2.24) is 14.8 Å². The second kappa shape index (κ2) is 6.32. The molecule has 2 rings (SSSR count). The molecular weight excluding hydrogens is 456 g/mol. The summed E-state index contributed by atoms with van der Waals surface area (Å²) in [5.41, 5.74) is -0.954. The van der Waals surface area contributed by atoms with Gasteiger partial charge in [-0.3, -0.25) is 4.98 Å². The van der Waals surface area contributed by atoms with Crippen LogP contribution in [0.2, 0.25) is 0 Å². The van der Waals surface area contributed by atoms with Crippen molar-refractivity contribution < 1.29 is 37.7 Å². The minimum Gasteiger partial charge on any atom is -0.467 e. The van der Waals surface area contributed by atoms with Crippen molar-refractivity contribution in [2.75, 3.05) is 7.05 Å². The van der Waals surface area contributed by atoms with Crippen molar-refractivity contribution in [1.29, 1.82) is 0 Å². The van der Waals surface area contributed by atoms with Gasteiger partial charge in [-0.2, -0.15) is 13.2 Å². The summed E-state index contributed by atoms with van der Waals surface area (Å²) in [6, 6.07) is 5.16. The molecule has 20 heavy (non-hydrogen) atoms. The van der Waals surface area contributed by atoms with Crippen molar-refractivity contribution in [3.8, 4) is 5.82 Å². The van der Waals surface area contributed by atoms with Gasteiger partial charge in [0.05, 0.1) is 11.5 Å². The molecule has 0 fully saturated rings. The van der Waals surface area contributed by atoms with E-state index in [4.69, 9.17) is 0 Å². The fraction of sp³-hybridized carbons (Fsp3) is 0.273. The van der Waals surface area contributed by atoms with Crippen LogP contribution in [-0.2, 0) is 33.0 Å². The topological polar surface area (TPSA) is 44.8 Å². The molecule has 2 aromatic heterocycles. The average molecular weight is 465 g/mol. The first-order valence-corrected chi connectivity index (χ1v) is 5.25. The maximum absolute atomic E-state index is 12.6. The Morgan fingerprint density at radius 1 is 1.30 bits per heavy atom. The fourth-order valence-electron chi connectivity index (χ4n) is 1.50. The number of alkyl halides is 4. The third kappa shape index (κ3) is 3.34. The summed E-state index contributed by atoms with van der Waals surface area (Å²) < 4.78 is 51.2. The van der Waals surface area contributed by atoms with Gasteiger partial charge in [0.2, 0.25) is 0 Å². The van der Waals surface area contributed by atoms with Gasteiger partial charge in [0.25, 0.3) is 0 Å². The Hall–Kier alpha value is -1.47. The van der Waals surface area contributed by atoms with Gasteiger partial charge < -0.3 is 10.00 Å². The van der Waals surface area contributed by atoms with Crippen LogP contribution < -0.4 is 0 Å².